The number of nitrogens with one attached hydrogen (secondary N) is 1. The molecule has 166 valence electrons. The topological polar surface area (TPSA) is 101 Å². The second kappa shape index (κ2) is 9.50. The van der Waals surface area contributed by atoms with E-state index in [9.17, 15) is 13.5 Å². The Labute approximate surface area is 187 Å². The van der Waals surface area contributed by atoms with Gasteiger partial charge in [0.15, 0.2) is 5.82 Å². The van der Waals surface area contributed by atoms with E-state index >= 15 is 0 Å². The van der Waals surface area contributed by atoms with Crippen LogP contribution in [0.5, 0.6) is 5.88 Å². The van der Waals surface area contributed by atoms with Crippen LogP contribution in [0.2, 0.25) is 0 Å². The van der Waals surface area contributed by atoms with Gasteiger partial charge in [-0.2, -0.15) is 4.98 Å². The van der Waals surface area contributed by atoms with Crippen molar-refractivity contribution in [2.24, 2.45) is 0 Å². The molecular weight excluding hydrogens is 426 g/mol. The van der Waals surface area contributed by atoms with Crippen LogP contribution in [0.4, 0.5) is 5.82 Å². The summed E-state index contributed by atoms with van der Waals surface area (Å²) >= 11 is 0. The monoisotopic (exact) mass is 451 g/mol. The van der Waals surface area contributed by atoms with Gasteiger partial charge in [0.2, 0.25) is 5.88 Å². The number of nitrogens with zero attached hydrogens (tertiary/aromatic N) is 2. The molecule has 0 unspecified atom stereocenters. The Morgan fingerprint density at radius 3 is 2.47 bits per heavy atom. The summed E-state index contributed by atoms with van der Waals surface area (Å²) in [5.74, 6) is 1.14. The van der Waals surface area contributed by atoms with Gasteiger partial charge in [-0.1, -0.05) is 60.2 Å². The van der Waals surface area contributed by atoms with E-state index in [-0.39, 0.29) is 30.8 Å². The zero-order valence-electron chi connectivity index (χ0n) is 17.7. The van der Waals surface area contributed by atoms with Crippen LogP contribution in [0.3, 0.4) is 0 Å². The summed E-state index contributed by atoms with van der Waals surface area (Å²) in [5.41, 5.74) is 3.00. The van der Waals surface area contributed by atoms with Gasteiger partial charge >= 0.3 is 0 Å². The zero-order valence-corrected chi connectivity index (χ0v) is 18.5. The minimum Gasteiger partial charge on any atom is -0.475 e. The summed E-state index contributed by atoms with van der Waals surface area (Å²) in [6, 6.07) is 16.8. The van der Waals surface area contributed by atoms with Crippen molar-refractivity contribution in [1.82, 2.24) is 9.97 Å². The molecular formula is C24H25N3O4S. The normalized spacial score (nSPS) is 13.9. The minimum atomic E-state index is -3.86. The highest BCUT2D eigenvalue weighted by atomic mass is 32.2. The van der Waals surface area contributed by atoms with Crippen molar-refractivity contribution in [3.05, 3.63) is 77.0 Å². The smallest absolute Gasteiger partial charge is 0.256 e. The van der Waals surface area contributed by atoms with E-state index in [0.29, 0.717) is 11.4 Å². The van der Waals surface area contributed by atoms with Gasteiger partial charge in [0.05, 0.1) is 17.6 Å². The molecule has 2 aromatic carbocycles. The molecule has 8 heteroatoms. The maximum Gasteiger partial charge on any atom is 0.256 e. The molecule has 4 rings (SSSR count). The lowest BCUT2D eigenvalue weighted by Gasteiger charge is -2.16. The SMILES string of the molecule is Cc1ccc(-c2c(NS(=O)(=O)/C=C/c3ccccc3)nc(C3CC3)nc2OCCO)cc1. The second-order valence-corrected chi connectivity index (χ2v) is 9.25. The molecule has 1 fully saturated rings. The number of anilines is 1. The van der Waals surface area contributed by atoms with Crippen LogP contribution >= 0.6 is 0 Å². The third-order valence-electron chi connectivity index (χ3n) is 4.98. The minimum absolute atomic E-state index is 0.0417. The molecule has 1 aliphatic rings. The Bertz CT molecular complexity index is 1210. The summed E-state index contributed by atoms with van der Waals surface area (Å²) < 4.78 is 34.1. The molecule has 0 bridgehead atoms. The molecule has 0 saturated heterocycles. The molecule has 1 aliphatic carbocycles. The van der Waals surface area contributed by atoms with E-state index in [1.807, 2.05) is 61.5 Å². The fraction of sp³-hybridized carbons (Fsp3) is 0.250. The number of aliphatic hydroxyl groups is 1. The van der Waals surface area contributed by atoms with E-state index in [0.717, 1.165) is 34.9 Å². The summed E-state index contributed by atoms with van der Waals surface area (Å²) in [6.07, 6.45) is 3.42. The number of aryl methyl sites for hydroxylation is 1. The Hall–Kier alpha value is -3.23. The van der Waals surface area contributed by atoms with Gasteiger partial charge in [-0.05, 0) is 37.0 Å². The third-order valence-corrected chi connectivity index (χ3v) is 5.96. The maximum atomic E-state index is 12.9. The van der Waals surface area contributed by atoms with Crippen molar-refractivity contribution in [1.29, 1.82) is 0 Å². The summed E-state index contributed by atoms with van der Waals surface area (Å²) in [6.45, 7) is 1.83. The van der Waals surface area contributed by atoms with Crippen molar-refractivity contribution in [2.75, 3.05) is 17.9 Å². The standard InChI is InChI=1S/C24H25N3O4S/c1-17-7-9-19(10-8-17)21-23(25-22(20-11-12-20)26-24(21)31-15-14-28)27-32(29,30)16-13-18-5-3-2-4-6-18/h2-10,13,16,20,28H,11-12,14-15H2,1H3,(H,25,26,27)/b16-13+. The van der Waals surface area contributed by atoms with Crippen LogP contribution in [0.25, 0.3) is 17.2 Å². The first-order chi connectivity index (χ1) is 15.4. The fourth-order valence-electron chi connectivity index (χ4n) is 3.18. The third kappa shape index (κ3) is 5.52. The Morgan fingerprint density at radius 1 is 1.09 bits per heavy atom. The zero-order chi connectivity index (χ0) is 22.6. The predicted octanol–water partition coefficient (Wildman–Crippen LogP) is 4.11. The molecule has 0 amide bonds. The number of ether oxygens (including phenoxy) is 1. The van der Waals surface area contributed by atoms with Gasteiger partial charge in [0.25, 0.3) is 10.0 Å². The van der Waals surface area contributed by atoms with Crippen LogP contribution in [0.15, 0.2) is 60.0 Å². The lowest BCUT2D eigenvalue weighted by Crippen LogP contribution is -2.15. The molecule has 3 aromatic rings. The van der Waals surface area contributed by atoms with Crippen LogP contribution in [-0.4, -0.2) is 36.7 Å². The van der Waals surface area contributed by atoms with E-state index in [4.69, 9.17) is 4.74 Å². The number of rotatable bonds is 9. The fourth-order valence-corrected chi connectivity index (χ4v) is 4.00. The molecule has 1 aromatic heterocycles. The van der Waals surface area contributed by atoms with Gasteiger partial charge in [-0.15, -0.1) is 0 Å². The molecule has 32 heavy (non-hydrogen) atoms. The number of hydrogen-bond acceptors (Lipinski definition) is 6. The predicted molar refractivity (Wildman–Crippen MR) is 125 cm³/mol. The first-order valence-electron chi connectivity index (χ1n) is 10.4. The van der Waals surface area contributed by atoms with E-state index in [1.54, 1.807) is 0 Å². The molecule has 7 nitrogen and oxygen atoms in total. The number of aromatic nitrogens is 2. The lowest BCUT2D eigenvalue weighted by atomic mass is 10.1. The van der Waals surface area contributed by atoms with Crippen molar-refractivity contribution >= 4 is 21.9 Å². The van der Waals surface area contributed by atoms with E-state index in [1.165, 1.54) is 6.08 Å². The van der Waals surface area contributed by atoms with Gasteiger partial charge in [0, 0.05) is 5.92 Å². The van der Waals surface area contributed by atoms with Crippen molar-refractivity contribution in [3.63, 3.8) is 0 Å². The van der Waals surface area contributed by atoms with Crippen molar-refractivity contribution in [3.8, 4) is 17.0 Å². The summed E-state index contributed by atoms with van der Waals surface area (Å²) in [5, 5.41) is 10.4. The second-order valence-electron chi connectivity index (χ2n) is 7.68. The van der Waals surface area contributed by atoms with Gasteiger partial charge in [-0.25, -0.2) is 13.4 Å². The largest absolute Gasteiger partial charge is 0.475 e. The summed E-state index contributed by atoms with van der Waals surface area (Å²) in [4.78, 5) is 9.12. The molecule has 1 saturated carbocycles. The highest BCUT2D eigenvalue weighted by molar-refractivity contribution is 7.95. The van der Waals surface area contributed by atoms with E-state index in [2.05, 4.69) is 14.7 Å². The Morgan fingerprint density at radius 2 is 1.81 bits per heavy atom. The molecule has 0 atom stereocenters. The molecule has 0 aliphatic heterocycles. The highest BCUT2D eigenvalue weighted by Crippen LogP contribution is 2.42. The lowest BCUT2D eigenvalue weighted by molar-refractivity contribution is 0.197. The number of aliphatic hydroxyl groups excluding tert-OH is 1. The van der Waals surface area contributed by atoms with Crippen LogP contribution in [0, 0.1) is 6.92 Å². The van der Waals surface area contributed by atoms with Crippen LogP contribution < -0.4 is 9.46 Å². The molecule has 1 heterocycles. The summed E-state index contributed by atoms with van der Waals surface area (Å²) in [7, 11) is -3.86. The average Bonchev–Trinajstić information content (AvgIpc) is 3.63. The van der Waals surface area contributed by atoms with Crippen LogP contribution in [-0.2, 0) is 10.0 Å². The maximum absolute atomic E-state index is 12.9. The molecule has 0 spiro atoms. The van der Waals surface area contributed by atoms with Gasteiger partial charge < -0.3 is 9.84 Å². The quantitative estimate of drug-likeness (QED) is 0.508. The van der Waals surface area contributed by atoms with Gasteiger partial charge in [-0.3, -0.25) is 4.72 Å². The first-order valence-corrected chi connectivity index (χ1v) is 12.0. The number of benzene rings is 2. The highest BCUT2D eigenvalue weighted by Gasteiger charge is 2.30. The molecule has 0 radical (unpaired) electrons. The van der Waals surface area contributed by atoms with Crippen LogP contribution in [0.1, 0.15) is 35.7 Å². The Balaban J connectivity index is 1.77. The van der Waals surface area contributed by atoms with Crippen molar-refractivity contribution < 1.29 is 18.3 Å². The number of sulfonamides is 1. The van der Waals surface area contributed by atoms with Gasteiger partial charge in [0.1, 0.15) is 12.4 Å². The molecule has 2 N–H and O–H groups in total. The Kier molecular flexibility index (Phi) is 6.53. The number of hydrogen-bond donors (Lipinski definition) is 2. The first kappa shape index (κ1) is 22.0. The van der Waals surface area contributed by atoms with E-state index < -0.39 is 10.0 Å². The van der Waals surface area contributed by atoms with Crippen molar-refractivity contribution in [2.45, 2.75) is 25.7 Å². The average molecular weight is 452 g/mol.